The van der Waals surface area contributed by atoms with Crippen LogP contribution in [-0.2, 0) is 0 Å². The Morgan fingerprint density at radius 3 is 2.12 bits per heavy atom. The van der Waals surface area contributed by atoms with Gasteiger partial charge in [-0.2, -0.15) is 0 Å². The lowest BCUT2D eigenvalue weighted by Crippen LogP contribution is -2.13. The van der Waals surface area contributed by atoms with E-state index in [2.05, 4.69) is 11.4 Å². The van der Waals surface area contributed by atoms with Gasteiger partial charge in [-0.25, -0.2) is 4.98 Å². The lowest BCUT2D eigenvalue weighted by molar-refractivity contribution is 0.102. The smallest absolute Gasteiger partial charge is 0.256 e. The van der Waals surface area contributed by atoms with Gasteiger partial charge in [-0.1, -0.05) is 60.2 Å². The van der Waals surface area contributed by atoms with Crippen molar-refractivity contribution >= 4 is 22.5 Å². The molecule has 4 aromatic carbocycles. The predicted molar refractivity (Wildman–Crippen MR) is 138 cm³/mol. The quantitative estimate of drug-likeness (QED) is 0.304. The van der Waals surface area contributed by atoms with Gasteiger partial charge in [0.25, 0.3) is 5.91 Å². The number of hydrogen-bond donors (Lipinski definition) is 1. The maximum absolute atomic E-state index is 13.4. The highest BCUT2D eigenvalue weighted by Gasteiger charge is 2.16. The summed E-state index contributed by atoms with van der Waals surface area (Å²) in [6, 6.07) is 32.9. The molecule has 0 fully saturated rings. The minimum Gasteiger partial charge on any atom is -0.457 e. The molecule has 1 N–H and O–H groups in total. The van der Waals surface area contributed by atoms with Gasteiger partial charge in [0.2, 0.25) is 0 Å². The zero-order valence-electron chi connectivity index (χ0n) is 19.1. The molecular formula is C30H24N2O2. The predicted octanol–water partition coefficient (Wildman–Crippen LogP) is 7.56. The fraction of sp³-hybridized carbons (Fsp3) is 0.0667. The van der Waals surface area contributed by atoms with E-state index < -0.39 is 0 Å². The Balaban J connectivity index is 1.47. The molecule has 5 rings (SSSR count). The van der Waals surface area contributed by atoms with Gasteiger partial charge >= 0.3 is 0 Å². The third-order valence-electron chi connectivity index (χ3n) is 5.65. The first-order valence-corrected chi connectivity index (χ1v) is 11.2. The number of ether oxygens (including phenoxy) is 1. The average Bonchev–Trinajstić information content (AvgIpc) is 2.86. The van der Waals surface area contributed by atoms with Gasteiger partial charge in [-0.3, -0.25) is 4.79 Å². The van der Waals surface area contributed by atoms with Crippen LogP contribution in [0.25, 0.3) is 22.2 Å². The van der Waals surface area contributed by atoms with Crippen LogP contribution >= 0.6 is 0 Å². The van der Waals surface area contributed by atoms with Crippen molar-refractivity contribution in [1.82, 2.24) is 4.98 Å². The van der Waals surface area contributed by atoms with Crippen LogP contribution in [0.1, 0.15) is 21.5 Å². The first-order chi connectivity index (χ1) is 16.6. The third kappa shape index (κ3) is 4.52. The fourth-order valence-electron chi connectivity index (χ4n) is 4.05. The van der Waals surface area contributed by atoms with E-state index in [4.69, 9.17) is 9.72 Å². The fourth-order valence-corrected chi connectivity index (χ4v) is 4.05. The molecule has 4 heteroatoms. The van der Waals surface area contributed by atoms with Crippen LogP contribution in [0.5, 0.6) is 11.5 Å². The van der Waals surface area contributed by atoms with Crippen LogP contribution in [0.2, 0.25) is 0 Å². The van der Waals surface area contributed by atoms with Crippen LogP contribution in [0, 0.1) is 13.8 Å². The molecule has 0 unspecified atom stereocenters. The summed E-state index contributed by atoms with van der Waals surface area (Å²) in [7, 11) is 0. The Labute approximate surface area is 198 Å². The summed E-state index contributed by atoms with van der Waals surface area (Å²) in [4.78, 5) is 18.3. The number of rotatable bonds is 5. The van der Waals surface area contributed by atoms with Crippen molar-refractivity contribution in [1.29, 1.82) is 0 Å². The number of aromatic nitrogens is 1. The lowest BCUT2D eigenvalue weighted by Gasteiger charge is -2.13. The number of anilines is 1. The zero-order chi connectivity index (χ0) is 23.5. The molecule has 0 spiro atoms. The molecule has 0 aliphatic carbocycles. The van der Waals surface area contributed by atoms with Crippen LogP contribution in [-0.4, -0.2) is 10.9 Å². The molecule has 0 saturated carbocycles. The Morgan fingerprint density at radius 2 is 1.41 bits per heavy atom. The van der Waals surface area contributed by atoms with Gasteiger partial charge in [0.05, 0.1) is 16.8 Å². The van der Waals surface area contributed by atoms with Crippen molar-refractivity contribution in [3.63, 3.8) is 0 Å². The highest BCUT2D eigenvalue weighted by Crippen LogP contribution is 2.29. The topological polar surface area (TPSA) is 51.2 Å². The van der Waals surface area contributed by atoms with Gasteiger partial charge in [0.1, 0.15) is 11.5 Å². The van der Waals surface area contributed by atoms with E-state index >= 15 is 0 Å². The first-order valence-electron chi connectivity index (χ1n) is 11.2. The summed E-state index contributed by atoms with van der Waals surface area (Å²) in [5.74, 6) is 1.30. The number of carbonyl (C=O) groups is 1. The van der Waals surface area contributed by atoms with E-state index in [0.717, 1.165) is 39.0 Å². The molecule has 4 nitrogen and oxygen atoms in total. The van der Waals surface area contributed by atoms with Crippen LogP contribution in [0.15, 0.2) is 103 Å². The number of nitrogens with one attached hydrogen (secondary N) is 1. The molecule has 1 heterocycles. The summed E-state index contributed by atoms with van der Waals surface area (Å²) in [6.45, 7) is 4.06. The molecule has 0 radical (unpaired) electrons. The highest BCUT2D eigenvalue weighted by molar-refractivity contribution is 6.13. The van der Waals surface area contributed by atoms with Crippen molar-refractivity contribution in [3.05, 3.63) is 120 Å². The molecule has 1 aromatic heterocycles. The van der Waals surface area contributed by atoms with Crippen molar-refractivity contribution < 1.29 is 9.53 Å². The number of hydrogen-bond acceptors (Lipinski definition) is 3. The number of pyridine rings is 1. The van der Waals surface area contributed by atoms with Crippen LogP contribution in [0.3, 0.4) is 0 Å². The largest absolute Gasteiger partial charge is 0.457 e. The molecule has 5 aromatic rings. The summed E-state index contributed by atoms with van der Waals surface area (Å²) < 4.78 is 5.85. The average molecular weight is 445 g/mol. The van der Waals surface area contributed by atoms with E-state index in [1.54, 1.807) is 0 Å². The first kappa shape index (κ1) is 21.4. The number of amides is 1. The van der Waals surface area contributed by atoms with Crippen molar-refractivity contribution in [2.45, 2.75) is 13.8 Å². The maximum atomic E-state index is 13.4. The molecular weight excluding hydrogens is 420 g/mol. The molecule has 34 heavy (non-hydrogen) atoms. The summed E-state index contributed by atoms with van der Waals surface area (Å²) in [5.41, 5.74) is 6.02. The molecule has 0 bridgehead atoms. The number of nitrogens with zero attached hydrogens (tertiary/aromatic N) is 1. The summed E-state index contributed by atoms with van der Waals surface area (Å²) in [5, 5.41) is 3.88. The minimum absolute atomic E-state index is 0.175. The zero-order valence-corrected chi connectivity index (χ0v) is 19.1. The van der Waals surface area contributed by atoms with Gasteiger partial charge in [0.15, 0.2) is 0 Å². The normalized spacial score (nSPS) is 10.8. The Hall–Kier alpha value is -4.44. The molecule has 0 aliphatic rings. The number of aryl methyl sites for hydroxylation is 2. The Bertz CT molecular complexity index is 1460. The van der Waals surface area contributed by atoms with Gasteiger partial charge in [-0.05, 0) is 67.9 Å². The standard InChI is InChI=1S/C30H24N2O2/c1-20-17-21(2)29-26(18-20)27(19-28(32-29)22-9-5-3-6-10-22)30(33)31-23-13-15-25(16-14-23)34-24-11-7-4-8-12-24/h3-19H,1-2H3,(H,31,33). The maximum Gasteiger partial charge on any atom is 0.256 e. The second-order valence-electron chi connectivity index (χ2n) is 8.29. The molecule has 0 saturated heterocycles. The van der Waals surface area contributed by atoms with E-state index in [9.17, 15) is 4.79 Å². The Morgan fingerprint density at radius 1 is 0.765 bits per heavy atom. The second kappa shape index (κ2) is 9.20. The van der Waals surface area contributed by atoms with Gasteiger partial charge in [-0.15, -0.1) is 0 Å². The van der Waals surface area contributed by atoms with E-state index in [-0.39, 0.29) is 5.91 Å². The monoisotopic (exact) mass is 444 g/mol. The van der Waals surface area contributed by atoms with Crippen LogP contribution in [0.4, 0.5) is 5.69 Å². The molecule has 166 valence electrons. The number of para-hydroxylation sites is 1. The minimum atomic E-state index is -0.175. The van der Waals surface area contributed by atoms with E-state index in [1.807, 2.05) is 111 Å². The Kier molecular flexibility index (Phi) is 5.79. The van der Waals surface area contributed by atoms with Crippen molar-refractivity contribution in [2.75, 3.05) is 5.32 Å². The van der Waals surface area contributed by atoms with E-state index in [0.29, 0.717) is 17.0 Å². The molecule has 1 amide bonds. The van der Waals surface area contributed by atoms with Crippen molar-refractivity contribution in [2.24, 2.45) is 0 Å². The van der Waals surface area contributed by atoms with Gasteiger partial charge in [0, 0.05) is 16.6 Å². The molecule has 0 aliphatic heterocycles. The molecule has 0 atom stereocenters. The number of fused-ring (bicyclic) bond motifs is 1. The van der Waals surface area contributed by atoms with E-state index in [1.165, 1.54) is 0 Å². The third-order valence-corrected chi connectivity index (χ3v) is 5.65. The van der Waals surface area contributed by atoms with Crippen LogP contribution < -0.4 is 10.1 Å². The van der Waals surface area contributed by atoms with Crippen molar-refractivity contribution in [3.8, 4) is 22.8 Å². The number of benzene rings is 4. The SMILES string of the molecule is Cc1cc(C)c2nc(-c3ccccc3)cc(C(=O)Nc3ccc(Oc4ccccc4)cc3)c2c1. The number of carbonyl (C=O) groups excluding carboxylic acids is 1. The van der Waals surface area contributed by atoms with Gasteiger partial charge < -0.3 is 10.1 Å². The summed E-state index contributed by atoms with van der Waals surface area (Å²) >= 11 is 0. The summed E-state index contributed by atoms with van der Waals surface area (Å²) in [6.07, 6.45) is 0. The lowest BCUT2D eigenvalue weighted by atomic mass is 9.99. The second-order valence-corrected chi connectivity index (χ2v) is 8.29. The highest BCUT2D eigenvalue weighted by atomic mass is 16.5.